The lowest BCUT2D eigenvalue weighted by atomic mass is 10.1. The van der Waals surface area contributed by atoms with Gasteiger partial charge in [-0.15, -0.1) is 0 Å². The molecule has 1 aromatic rings. The Kier molecular flexibility index (Phi) is 4.80. The van der Waals surface area contributed by atoms with Crippen molar-refractivity contribution in [3.8, 4) is 0 Å². The fourth-order valence-electron chi connectivity index (χ4n) is 2.13. The van der Waals surface area contributed by atoms with Crippen molar-refractivity contribution in [1.82, 2.24) is 10.2 Å². The van der Waals surface area contributed by atoms with Crippen LogP contribution in [0.5, 0.6) is 0 Å². The van der Waals surface area contributed by atoms with Crippen molar-refractivity contribution < 1.29 is 4.79 Å². The maximum absolute atomic E-state index is 12.0. The van der Waals surface area contributed by atoms with Gasteiger partial charge in [0.15, 0.2) is 0 Å². The Labute approximate surface area is 119 Å². The van der Waals surface area contributed by atoms with Crippen LogP contribution in [0.1, 0.15) is 12.5 Å². The average molecular weight is 282 g/mol. The highest BCUT2D eigenvalue weighted by atomic mass is 35.5. The Balaban J connectivity index is 1.92. The fraction of sp³-hybridized carbons (Fsp3) is 0.500. The van der Waals surface area contributed by atoms with Crippen molar-refractivity contribution in [3.63, 3.8) is 0 Å². The van der Waals surface area contributed by atoms with Crippen molar-refractivity contribution in [2.75, 3.05) is 31.5 Å². The van der Waals surface area contributed by atoms with E-state index in [1.165, 1.54) is 0 Å². The van der Waals surface area contributed by atoms with Gasteiger partial charge < -0.3 is 10.6 Å². The lowest BCUT2D eigenvalue weighted by Crippen LogP contribution is -2.58. The fourth-order valence-corrected chi connectivity index (χ4v) is 2.41. The maximum Gasteiger partial charge on any atom is 0.238 e. The molecule has 0 aromatic heterocycles. The normalized spacial score (nSPS) is 15.4. The molecule has 1 heterocycles. The standard InChI is InChI=1S/C14H20ClN3O/c1-3-18(11-7-16-8-11)9-14(19)17-13-5-4-10(2)6-12(13)15/h4-6,11,16H,3,7-9H2,1-2H3,(H,17,19). The summed E-state index contributed by atoms with van der Waals surface area (Å²) in [6, 6.07) is 6.11. The van der Waals surface area contributed by atoms with E-state index in [9.17, 15) is 4.79 Å². The summed E-state index contributed by atoms with van der Waals surface area (Å²) in [6.07, 6.45) is 0. The monoisotopic (exact) mass is 281 g/mol. The van der Waals surface area contributed by atoms with Crippen LogP contribution in [0.15, 0.2) is 18.2 Å². The quantitative estimate of drug-likeness (QED) is 0.866. The van der Waals surface area contributed by atoms with E-state index < -0.39 is 0 Å². The number of nitrogens with zero attached hydrogens (tertiary/aromatic N) is 1. The van der Waals surface area contributed by atoms with Gasteiger partial charge in [-0.3, -0.25) is 9.69 Å². The van der Waals surface area contributed by atoms with E-state index in [1.54, 1.807) is 0 Å². The summed E-state index contributed by atoms with van der Waals surface area (Å²) in [6.45, 7) is 7.26. The first-order chi connectivity index (χ1) is 9.10. The summed E-state index contributed by atoms with van der Waals surface area (Å²) < 4.78 is 0. The van der Waals surface area contributed by atoms with E-state index in [2.05, 4.69) is 22.5 Å². The number of hydrogen-bond donors (Lipinski definition) is 2. The molecule has 0 radical (unpaired) electrons. The summed E-state index contributed by atoms with van der Waals surface area (Å²) in [5.74, 6) is -0.0143. The van der Waals surface area contributed by atoms with Crippen molar-refractivity contribution in [2.24, 2.45) is 0 Å². The number of rotatable bonds is 5. The molecule has 2 N–H and O–H groups in total. The zero-order valence-electron chi connectivity index (χ0n) is 11.4. The van der Waals surface area contributed by atoms with Crippen molar-refractivity contribution in [1.29, 1.82) is 0 Å². The summed E-state index contributed by atoms with van der Waals surface area (Å²) in [4.78, 5) is 14.2. The summed E-state index contributed by atoms with van der Waals surface area (Å²) >= 11 is 6.11. The van der Waals surface area contributed by atoms with Gasteiger partial charge >= 0.3 is 0 Å². The van der Waals surface area contributed by atoms with Crippen LogP contribution in [0.3, 0.4) is 0 Å². The van der Waals surface area contributed by atoms with Crippen LogP contribution in [0, 0.1) is 6.92 Å². The highest BCUT2D eigenvalue weighted by Crippen LogP contribution is 2.22. The molecule has 1 aliphatic heterocycles. The third-order valence-corrected chi connectivity index (χ3v) is 3.74. The van der Waals surface area contributed by atoms with Crippen LogP contribution in [-0.4, -0.2) is 43.0 Å². The number of benzene rings is 1. The van der Waals surface area contributed by atoms with Crippen LogP contribution in [0.2, 0.25) is 5.02 Å². The van der Waals surface area contributed by atoms with E-state index in [-0.39, 0.29) is 5.91 Å². The van der Waals surface area contributed by atoms with Crippen molar-refractivity contribution in [3.05, 3.63) is 28.8 Å². The second-order valence-electron chi connectivity index (χ2n) is 4.91. The van der Waals surface area contributed by atoms with E-state index in [1.807, 2.05) is 25.1 Å². The number of carbonyl (C=O) groups is 1. The molecule has 2 rings (SSSR count). The minimum atomic E-state index is -0.0143. The second-order valence-corrected chi connectivity index (χ2v) is 5.31. The first kappa shape index (κ1) is 14.3. The number of hydrogen-bond acceptors (Lipinski definition) is 3. The number of aryl methyl sites for hydroxylation is 1. The third-order valence-electron chi connectivity index (χ3n) is 3.43. The molecule has 1 aromatic carbocycles. The number of nitrogens with one attached hydrogen (secondary N) is 2. The minimum Gasteiger partial charge on any atom is -0.324 e. The number of likely N-dealkylation sites (N-methyl/N-ethyl adjacent to an activating group) is 1. The molecule has 0 unspecified atom stereocenters. The molecule has 0 aliphatic carbocycles. The van der Waals surface area contributed by atoms with Gasteiger partial charge in [0, 0.05) is 19.1 Å². The minimum absolute atomic E-state index is 0.0143. The van der Waals surface area contributed by atoms with E-state index in [0.29, 0.717) is 23.3 Å². The highest BCUT2D eigenvalue weighted by Gasteiger charge is 2.24. The van der Waals surface area contributed by atoms with E-state index in [0.717, 1.165) is 25.2 Å². The molecule has 1 amide bonds. The van der Waals surface area contributed by atoms with Gasteiger partial charge in [-0.1, -0.05) is 24.6 Å². The van der Waals surface area contributed by atoms with Crippen LogP contribution < -0.4 is 10.6 Å². The molecule has 4 nitrogen and oxygen atoms in total. The lowest BCUT2D eigenvalue weighted by molar-refractivity contribution is -0.118. The van der Waals surface area contributed by atoms with Crippen molar-refractivity contribution in [2.45, 2.75) is 19.9 Å². The van der Waals surface area contributed by atoms with E-state index >= 15 is 0 Å². The Bertz CT molecular complexity index is 460. The van der Waals surface area contributed by atoms with Crippen molar-refractivity contribution >= 4 is 23.2 Å². The molecule has 0 atom stereocenters. The zero-order valence-corrected chi connectivity index (χ0v) is 12.1. The van der Waals surface area contributed by atoms with Crippen LogP contribution in [-0.2, 0) is 4.79 Å². The average Bonchev–Trinajstić information content (AvgIpc) is 2.29. The lowest BCUT2D eigenvalue weighted by Gasteiger charge is -2.37. The van der Waals surface area contributed by atoms with Gasteiger partial charge in [-0.05, 0) is 31.2 Å². The summed E-state index contributed by atoms with van der Waals surface area (Å²) in [7, 11) is 0. The first-order valence-electron chi connectivity index (χ1n) is 6.61. The number of anilines is 1. The Morgan fingerprint density at radius 1 is 1.53 bits per heavy atom. The van der Waals surface area contributed by atoms with Crippen LogP contribution in [0.4, 0.5) is 5.69 Å². The number of carbonyl (C=O) groups excluding carboxylic acids is 1. The Morgan fingerprint density at radius 2 is 2.26 bits per heavy atom. The molecule has 0 saturated carbocycles. The third kappa shape index (κ3) is 3.69. The van der Waals surface area contributed by atoms with Gasteiger partial charge in [-0.25, -0.2) is 0 Å². The van der Waals surface area contributed by atoms with Gasteiger partial charge in [0.1, 0.15) is 0 Å². The molecule has 1 aliphatic rings. The SMILES string of the molecule is CCN(CC(=O)Nc1ccc(C)cc1Cl)C1CNC1. The molecular formula is C14H20ClN3O. The Morgan fingerprint density at radius 3 is 2.79 bits per heavy atom. The summed E-state index contributed by atoms with van der Waals surface area (Å²) in [5.41, 5.74) is 1.76. The summed E-state index contributed by atoms with van der Waals surface area (Å²) in [5, 5.41) is 6.68. The number of halogens is 1. The molecule has 19 heavy (non-hydrogen) atoms. The Hall–Kier alpha value is -1.10. The second kappa shape index (κ2) is 6.37. The predicted octanol–water partition coefficient (Wildman–Crippen LogP) is 1.88. The topological polar surface area (TPSA) is 44.4 Å². The highest BCUT2D eigenvalue weighted by molar-refractivity contribution is 6.33. The van der Waals surface area contributed by atoms with E-state index in [4.69, 9.17) is 11.6 Å². The maximum atomic E-state index is 12.0. The molecular weight excluding hydrogens is 262 g/mol. The molecule has 1 fully saturated rings. The largest absolute Gasteiger partial charge is 0.324 e. The van der Waals surface area contributed by atoms with Gasteiger partial charge in [0.25, 0.3) is 0 Å². The molecule has 104 valence electrons. The smallest absolute Gasteiger partial charge is 0.238 e. The molecule has 1 saturated heterocycles. The zero-order chi connectivity index (χ0) is 13.8. The number of amides is 1. The van der Waals surface area contributed by atoms with Gasteiger partial charge in [-0.2, -0.15) is 0 Å². The molecule has 0 spiro atoms. The van der Waals surface area contributed by atoms with Gasteiger partial charge in [0.2, 0.25) is 5.91 Å². The van der Waals surface area contributed by atoms with Crippen LogP contribution in [0.25, 0.3) is 0 Å². The molecule has 5 heteroatoms. The van der Waals surface area contributed by atoms with Gasteiger partial charge in [0.05, 0.1) is 17.3 Å². The first-order valence-corrected chi connectivity index (χ1v) is 6.98. The predicted molar refractivity (Wildman–Crippen MR) is 78.7 cm³/mol. The van der Waals surface area contributed by atoms with Crippen LogP contribution >= 0.6 is 11.6 Å². The molecule has 0 bridgehead atoms.